The molecule has 0 radical (unpaired) electrons. The summed E-state index contributed by atoms with van der Waals surface area (Å²) < 4.78 is 5.27. The van der Waals surface area contributed by atoms with E-state index in [0.29, 0.717) is 13.1 Å². The Hall–Kier alpha value is -3.86. The largest absolute Gasteiger partial charge is 0.497 e. The Kier molecular flexibility index (Phi) is 5.93. The van der Waals surface area contributed by atoms with Gasteiger partial charge < -0.3 is 14.5 Å². The van der Waals surface area contributed by atoms with Crippen LogP contribution >= 0.6 is 0 Å². The number of hydrogen-bond donors (Lipinski definition) is 0. The first-order valence-corrected chi connectivity index (χ1v) is 11.7. The van der Waals surface area contributed by atoms with E-state index < -0.39 is 0 Å². The van der Waals surface area contributed by atoms with Crippen molar-refractivity contribution < 1.29 is 9.53 Å². The molecule has 1 aromatic heterocycles. The summed E-state index contributed by atoms with van der Waals surface area (Å²) >= 11 is 0. The highest BCUT2D eigenvalue weighted by Gasteiger charge is 2.24. The van der Waals surface area contributed by atoms with Crippen molar-refractivity contribution in [3.8, 4) is 17.0 Å². The SMILES string of the molecule is COc1ccc(N2CCN(C(=O)c3cc(-c4ccc(C)c(C)c4)nc4ccccc34)CC2)cc1. The van der Waals surface area contributed by atoms with Gasteiger partial charge in [0.2, 0.25) is 0 Å². The lowest BCUT2D eigenvalue weighted by atomic mass is 10.00. The van der Waals surface area contributed by atoms with Crippen molar-refractivity contribution in [2.24, 2.45) is 0 Å². The molecule has 0 atom stereocenters. The monoisotopic (exact) mass is 451 g/mol. The molecule has 2 heterocycles. The second-order valence-electron chi connectivity index (χ2n) is 8.85. The fourth-order valence-corrected chi connectivity index (χ4v) is 4.53. The maximum Gasteiger partial charge on any atom is 0.254 e. The van der Waals surface area contributed by atoms with Gasteiger partial charge in [-0.25, -0.2) is 4.98 Å². The first-order chi connectivity index (χ1) is 16.5. The Morgan fingerprint density at radius 1 is 0.853 bits per heavy atom. The topological polar surface area (TPSA) is 45.7 Å². The number of carbonyl (C=O) groups excluding carboxylic acids is 1. The third-order valence-electron chi connectivity index (χ3n) is 6.75. The van der Waals surface area contributed by atoms with Crippen LogP contribution in [0.15, 0.2) is 72.8 Å². The van der Waals surface area contributed by atoms with Crippen molar-refractivity contribution in [2.75, 3.05) is 38.2 Å². The van der Waals surface area contributed by atoms with Crippen LogP contribution in [0.5, 0.6) is 5.75 Å². The number of hydrogen-bond acceptors (Lipinski definition) is 4. The minimum Gasteiger partial charge on any atom is -0.497 e. The summed E-state index contributed by atoms with van der Waals surface area (Å²) in [6, 6.07) is 24.3. The number of anilines is 1. The number of pyridine rings is 1. The van der Waals surface area contributed by atoms with Crippen molar-refractivity contribution in [2.45, 2.75) is 13.8 Å². The molecular weight excluding hydrogens is 422 g/mol. The second kappa shape index (κ2) is 9.18. The van der Waals surface area contributed by atoms with Crippen LogP contribution in [0.3, 0.4) is 0 Å². The van der Waals surface area contributed by atoms with Crippen molar-refractivity contribution in [1.82, 2.24) is 9.88 Å². The average Bonchev–Trinajstić information content (AvgIpc) is 2.89. The maximum absolute atomic E-state index is 13.7. The van der Waals surface area contributed by atoms with Crippen LogP contribution in [0, 0.1) is 13.8 Å². The zero-order chi connectivity index (χ0) is 23.7. The van der Waals surface area contributed by atoms with Crippen LogP contribution in [0.25, 0.3) is 22.2 Å². The number of benzene rings is 3. The zero-order valence-corrected chi connectivity index (χ0v) is 19.9. The number of fused-ring (bicyclic) bond motifs is 1. The normalized spacial score (nSPS) is 13.9. The predicted molar refractivity (Wildman–Crippen MR) is 138 cm³/mol. The Bertz CT molecular complexity index is 1340. The summed E-state index contributed by atoms with van der Waals surface area (Å²) in [5.74, 6) is 0.916. The third kappa shape index (κ3) is 4.21. The number of methoxy groups -OCH3 is 1. The minimum atomic E-state index is 0.0677. The Balaban J connectivity index is 1.42. The first-order valence-electron chi connectivity index (χ1n) is 11.7. The van der Waals surface area contributed by atoms with Gasteiger partial charge in [0.05, 0.1) is 23.9 Å². The quantitative estimate of drug-likeness (QED) is 0.412. The molecule has 0 saturated carbocycles. The van der Waals surface area contributed by atoms with E-state index in [4.69, 9.17) is 9.72 Å². The highest BCUT2D eigenvalue weighted by atomic mass is 16.5. The van der Waals surface area contributed by atoms with Crippen LogP contribution < -0.4 is 9.64 Å². The number of piperazine rings is 1. The highest BCUT2D eigenvalue weighted by Crippen LogP contribution is 2.28. The molecule has 1 saturated heterocycles. The van der Waals surface area contributed by atoms with E-state index in [9.17, 15) is 4.79 Å². The van der Waals surface area contributed by atoms with Gasteiger partial charge in [-0.05, 0) is 67.4 Å². The van der Waals surface area contributed by atoms with Crippen molar-refractivity contribution in [1.29, 1.82) is 0 Å². The molecule has 1 amide bonds. The van der Waals surface area contributed by atoms with E-state index in [-0.39, 0.29) is 5.91 Å². The van der Waals surface area contributed by atoms with E-state index in [1.54, 1.807) is 7.11 Å². The molecule has 172 valence electrons. The zero-order valence-electron chi connectivity index (χ0n) is 19.9. The molecule has 3 aromatic carbocycles. The number of nitrogens with zero attached hydrogens (tertiary/aromatic N) is 3. The van der Waals surface area contributed by atoms with Crippen LogP contribution in [-0.2, 0) is 0 Å². The third-order valence-corrected chi connectivity index (χ3v) is 6.75. The van der Waals surface area contributed by atoms with Crippen molar-refractivity contribution in [3.63, 3.8) is 0 Å². The molecular formula is C29H29N3O2. The van der Waals surface area contributed by atoms with Gasteiger partial charge >= 0.3 is 0 Å². The number of aromatic nitrogens is 1. The Labute approximate surface area is 200 Å². The van der Waals surface area contributed by atoms with E-state index in [1.165, 1.54) is 11.1 Å². The van der Waals surface area contributed by atoms with Crippen LogP contribution in [0.1, 0.15) is 21.5 Å². The van der Waals surface area contributed by atoms with Crippen LogP contribution in [-0.4, -0.2) is 49.1 Å². The molecule has 1 fully saturated rings. The van der Waals surface area contributed by atoms with Gasteiger partial charge in [-0.1, -0.05) is 30.3 Å². The summed E-state index contributed by atoms with van der Waals surface area (Å²) in [7, 11) is 1.67. The molecule has 4 aromatic rings. The van der Waals surface area contributed by atoms with E-state index >= 15 is 0 Å². The molecule has 0 spiro atoms. The summed E-state index contributed by atoms with van der Waals surface area (Å²) in [6.07, 6.45) is 0. The minimum absolute atomic E-state index is 0.0677. The number of amides is 1. The van der Waals surface area contributed by atoms with Gasteiger partial charge in [-0.2, -0.15) is 0 Å². The van der Waals surface area contributed by atoms with Gasteiger partial charge in [0.25, 0.3) is 5.91 Å². The van der Waals surface area contributed by atoms with Gasteiger partial charge in [0.1, 0.15) is 5.75 Å². The molecule has 34 heavy (non-hydrogen) atoms. The molecule has 5 rings (SSSR count). The molecule has 0 N–H and O–H groups in total. The number of para-hydroxylation sites is 1. The standard InChI is InChI=1S/C29H29N3O2/c1-20-8-9-22(18-21(20)2)28-19-26(25-6-4-5-7-27(25)30-28)29(33)32-16-14-31(15-17-32)23-10-12-24(34-3)13-11-23/h4-13,18-19H,14-17H2,1-3H3. The molecule has 5 heteroatoms. The Morgan fingerprint density at radius 2 is 1.59 bits per heavy atom. The Morgan fingerprint density at radius 3 is 2.29 bits per heavy atom. The summed E-state index contributed by atoms with van der Waals surface area (Å²) in [5, 5.41) is 0.901. The number of ether oxygens (including phenoxy) is 1. The number of aryl methyl sites for hydroxylation is 2. The smallest absolute Gasteiger partial charge is 0.254 e. The molecule has 1 aliphatic rings. The number of carbonyl (C=O) groups is 1. The molecule has 0 aliphatic carbocycles. The lowest BCUT2D eigenvalue weighted by molar-refractivity contribution is 0.0748. The van der Waals surface area contributed by atoms with Crippen LogP contribution in [0.4, 0.5) is 5.69 Å². The maximum atomic E-state index is 13.7. The van der Waals surface area contributed by atoms with Crippen molar-refractivity contribution >= 4 is 22.5 Å². The van der Waals surface area contributed by atoms with Gasteiger partial charge in [-0.3, -0.25) is 4.79 Å². The molecule has 5 nitrogen and oxygen atoms in total. The molecule has 0 bridgehead atoms. The lowest BCUT2D eigenvalue weighted by Crippen LogP contribution is -2.48. The van der Waals surface area contributed by atoms with Gasteiger partial charge in [0.15, 0.2) is 0 Å². The summed E-state index contributed by atoms with van der Waals surface area (Å²) in [6.45, 7) is 7.17. The second-order valence-corrected chi connectivity index (χ2v) is 8.85. The van der Waals surface area contributed by atoms with Crippen molar-refractivity contribution in [3.05, 3.63) is 89.5 Å². The fourth-order valence-electron chi connectivity index (χ4n) is 4.53. The number of rotatable bonds is 4. The van der Waals surface area contributed by atoms with Crippen LogP contribution in [0.2, 0.25) is 0 Å². The summed E-state index contributed by atoms with van der Waals surface area (Å²) in [4.78, 5) is 22.9. The highest BCUT2D eigenvalue weighted by molar-refractivity contribution is 6.07. The predicted octanol–water partition coefficient (Wildman–Crippen LogP) is 5.49. The lowest BCUT2D eigenvalue weighted by Gasteiger charge is -2.36. The van der Waals surface area contributed by atoms with E-state index in [2.05, 4.69) is 49.1 Å². The fraction of sp³-hybridized carbons (Fsp3) is 0.241. The summed E-state index contributed by atoms with van der Waals surface area (Å²) in [5.41, 5.74) is 7.05. The average molecular weight is 452 g/mol. The van der Waals surface area contributed by atoms with Gasteiger partial charge in [0, 0.05) is 42.8 Å². The first kappa shape index (κ1) is 22.0. The van der Waals surface area contributed by atoms with E-state index in [0.717, 1.165) is 52.3 Å². The molecule has 1 aliphatic heterocycles. The van der Waals surface area contributed by atoms with E-state index in [1.807, 2.05) is 47.4 Å². The van der Waals surface area contributed by atoms with Gasteiger partial charge in [-0.15, -0.1) is 0 Å². The molecule has 0 unspecified atom stereocenters.